The van der Waals surface area contributed by atoms with E-state index in [0.717, 1.165) is 4.31 Å². The van der Waals surface area contributed by atoms with E-state index >= 15 is 0 Å². The monoisotopic (exact) mass is 466 g/mol. The summed E-state index contributed by atoms with van der Waals surface area (Å²) in [5.74, 6) is -0.442. The van der Waals surface area contributed by atoms with Gasteiger partial charge in [-0.1, -0.05) is 17.7 Å². The summed E-state index contributed by atoms with van der Waals surface area (Å²) in [4.78, 5) is 0.0926. The fourth-order valence-corrected chi connectivity index (χ4v) is 4.01. The van der Waals surface area contributed by atoms with Crippen LogP contribution >= 0.6 is 24.0 Å². The third kappa shape index (κ3) is 5.78. The highest BCUT2D eigenvalue weighted by atomic mass is 35.5. The van der Waals surface area contributed by atoms with E-state index in [2.05, 4.69) is 5.10 Å². The lowest BCUT2D eigenvalue weighted by atomic mass is 10.0. The number of hydrogen-bond acceptors (Lipinski definition) is 5. The van der Waals surface area contributed by atoms with Crippen molar-refractivity contribution in [3.63, 3.8) is 0 Å². The van der Waals surface area contributed by atoms with Crippen molar-refractivity contribution in [3.05, 3.63) is 57.6 Å². The predicted molar refractivity (Wildman–Crippen MR) is 114 cm³/mol. The summed E-state index contributed by atoms with van der Waals surface area (Å²) in [6.07, 6.45) is 1.57. The molecule has 2 aromatic rings. The van der Waals surface area contributed by atoms with Gasteiger partial charge in [0.2, 0.25) is 10.0 Å². The third-order valence-corrected chi connectivity index (χ3v) is 6.49. The molecule has 29 heavy (non-hydrogen) atoms. The number of nitrogens with two attached hydrogens (primary N) is 1. The average Bonchev–Trinajstić information content (AvgIpc) is 2.90. The normalized spacial score (nSPS) is 12.3. The van der Waals surface area contributed by atoms with Gasteiger partial charge in [-0.2, -0.15) is 5.10 Å². The van der Waals surface area contributed by atoms with Crippen LogP contribution < -0.4 is 5.73 Å². The van der Waals surface area contributed by atoms with Gasteiger partial charge in [-0.15, -0.1) is 12.4 Å². The quantitative estimate of drug-likeness (QED) is 0.621. The van der Waals surface area contributed by atoms with Crippen molar-refractivity contribution in [3.8, 4) is 0 Å². The maximum Gasteiger partial charge on any atom is 0.242 e. The molecule has 11 heteroatoms. The molecule has 0 radical (unpaired) electrons. The van der Waals surface area contributed by atoms with Crippen molar-refractivity contribution in [1.29, 1.82) is 0 Å². The molecule has 0 aliphatic heterocycles. The minimum atomic E-state index is -3.59. The molecule has 0 aliphatic rings. The van der Waals surface area contributed by atoms with Gasteiger partial charge in [-0.3, -0.25) is 4.68 Å². The first-order chi connectivity index (χ1) is 13.1. The van der Waals surface area contributed by atoms with E-state index in [1.807, 2.05) is 0 Å². The predicted octanol–water partition coefficient (Wildman–Crippen LogP) is 2.41. The fourth-order valence-electron chi connectivity index (χ4n) is 2.77. The van der Waals surface area contributed by atoms with E-state index in [1.165, 1.54) is 37.0 Å². The maximum absolute atomic E-state index is 13.8. The number of rotatable bonds is 8. The van der Waals surface area contributed by atoms with Crippen molar-refractivity contribution < 1.29 is 17.9 Å². The Morgan fingerprint density at radius 3 is 2.59 bits per heavy atom. The van der Waals surface area contributed by atoms with Gasteiger partial charge in [-0.05, 0) is 30.7 Å². The lowest BCUT2D eigenvalue weighted by Crippen LogP contribution is -2.22. The molecule has 0 saturated heterocycles. The minimum absolute atomic E-state index is 0. The Kier molecular flexibility index (Phi) is 9.26. The van der Waals surface area contributed by atoms with Crippen LogP contribution in [0.2, 0.25) is 5.02 Å². The van der Waals surface area contributed by atoms with Crippen LogP contribution in [0, 0.1) is 6.92 Å². The Labute approximate surface area is 181 Å². The van der Waals surface area contributed by atoms with Crippen LogP contribution in [0.3, 0.4) is 0 Å². The number of nitrogens with zero attached hydrogens (tertiary/aromatic N) is 3. The van der Waals surface area contributed by atoms with E-state index in [1.54, 1.807) is 13.0 Å². The number of hydrogen-bond donors (Lipinski definition) is 2. The highest BCUT2D eigenvalue weighted by Crippen LogP contribution is 2.27. The van der Waals surface area contributed by atoms with Crippen molar-refractivity contribution >= 4 is 34.0 Å². The van der Waals surface area contributed by atoms with Crippen molar-refractivity contribution in [2.24, 2.45) is 5.73 Å². The smallest absolute Gasteiger partial charge is 0.242 e. The molecule has 162 valence electrons. The zero-order valence-corrected chi connectivity index (χ0v) is 18.8. The second kappa shape index (κ2) is 10.5. The molecule has 0 aliphatic carbocycles. The molecule has 2 rings (SSSR count). The molecule has 0 atom stereocenters. The summed E-state index contributed by atoms with van der Waals surface area (Å²) in [6, 6.07) is 4.51. The summed E-state index contributed by atoms with van der Waals surface area (Å²) >= 11 is 6.31. The molecule has 0 fully saturated rings. The topological polar surface area (TPSA) is 101 Å². The molecular formula is C18H25Cl2FN4O3S. The SMILES string of the molecule is Cc1nn(C/C(F)=C/CN)c(CO)c1Cc1ccc(S(=O)(=O)N(C)C)cc1Cl.Cl. The molecule has 0 spiro atoms. The van der Waals surface area contributed by atoms with Crippen LogP contribution in [-0.4, -0.2) is 48.3 Å². The highest BCUT2D eigenvalue weighted by Gasteiger charge is 2.20. The van der Waals surface area contributed by atoms with E-state index in [4.69, 9.17) is 17.3 Å². The standard InChI is InChI=1S/C18H24ClFN4O3S.ClH/c1-12-16(18(11-25)24(22-12)10-14(20)6-7-21)8-13-4-5-15(9-17(13)19)28(26,27)23(2)3;/h4-6,9,25H,7-8,10-11,21H2,1-3H3;1H/b14-6-;. The van der Waals surface area contributed by atoms with Crippen LogP contribution in [0.15, 0.2) is 35.0 Å². The molecule has 0 bridgehead atoms. The Morgan fingerprint density at radius 1 is 1.41 bits per heavy atom. The first-order valence-corrected chi connectivity index (χ1v) is 10.3. The summed E-state index contributed by atoms with van der Waals surface area (Å²) in [5.41, 5.74) is 7.81. The number of aryl methyl sites for hydroxylation is 1. The second-order valence-corrected chi connectivity index (χ2v) is 8.99. The van der Waals surface area contributed by atoms with Crippen molar-refractivity contribution in [1.82, 2.24) is 14.1 Å². The molecule has 1 aromatic heterocycles. The van der Waals surface area contributed by atoms with E-state index in [9.17, 15) is 17.9 Å². The van der Waals surface area contributed by atoms with E-state index in [-0.39, 0.29) is 42.0 Å². The number of aliphatic hydroxyl groups is 1. The van der Waals surface area contributed by atoms with Gasteiger partial charge in [0, 0.05) is 37.6 Å². The first kappa shape index (κ1) is 25.5. The number of benzene rings is 1. The van der Waals surface area contributed by atoms with E-state index in [0.29, 0.717) is 28.9 Å². The van der Waals surface area contributed by atoms with Crippen LogP contribution in [-0.2, 0) is 29.6 Å². The number of aromatic nitrogens is 2. The number of halogens is 3. The Morgan fingerprint density at radius 2 is 2.07 bits per heavy atom. The molecule has 7 nitrogen and oxygen atoms in total. The minimum Gasteiger partial charge on any atom is -0.390 e. The molecule has 0 unspecified atom stereocenters. The van der Waals surface area contributed by atoms with Crippen molar-refractivity contribution in [2.75, 3.05) is 20.6 Å². The van der Waals surface area contributed by atoms with E-state index < -0.39 is 15.9 Å². The van der Waals surface area contributed by atoms with Crippen LogP contribution in [0.1, 0.15) is 22.5 Å². The van der Waals surface area contributed by atoms with Gasteiger partial charge in [0.25, 0.3) is 0 Å². The lowest BCUT2D eigenvalue weighted by molar-refractivity contribution is 0.266. The third-order valence-electron chi connectivity index (χ3n) is 4.33. The summed E-state index contributed by atoms with van der Waals surface area (Å²) in [6.45, 7) is 1.39. The van der Waals surface area contributed by atoms with Gasteiger partial charge in [0.1, 0.15) is 5.83 Å². The van der Waals surface area contributed by atoms with Crippen LogP contribution in [0.5, 0.6) is 0 Å². The zero-order valence-electron chi connectivity index (χ0n) is 16.4. The van der Waals surface area contributed by atoms with Crippen LogP contribution in [0.4, 0.5) is 4.39 Å². The molecule has 1 aromatic carbocycles. The number of sulfonamides is 1. The molecule has 0 saturated carbocycles. The summed E-state index contributed by atoms with van der Waals surface area (Å²) in [5, 5.41) is 14.4. The zero-order chi connectivity index (χ0) is 21.1. The summed E-state index contributed by atoms with van der Waals surface area (Å²) in [7, 11) is -0.700. The fraction of sp³-hybridized carbons (Fsp3) is 0.389. The number of aliphatic hydroxyl groups excluding tert-OH is 1. The summed E-state index contributed by atoms with van der Waals surface area (Å²) < 4.78 is 40.8. The van der Waals surface area contributed by atoms with Gasteiger partial charge in [0.05, 0.1) is 29.4 Å². The molecular weight excluding hydrogens is 442 g/mol. The Hall–Kier alpha value is -1.49. The van der Waals surface area contributed by atoms with Gasteiger partial charge in [0.15, 0.2) is 0 Å². The Bertz CT molecular complexity index is 991. The molecule has 1 heterocycles. The first-order valence-electron chi connectivity index (χ1n) is 8.53. The largest absolute Gasteiger partial charge is 0.390 e. The molecule has 0 amide bonds. The van der Waals surface area contributed by atoms with Crippen molar-refractivity contribution in [2.45, 2.75) is 31.4 Å². The second-order valence-electron chi connectivity index (χ2n) is 6.43. The Balaban J connectivity index is 0.00000420. The van der Waals surface area contributed by atoms with Crippen LogP contribution in [0.25, 0.3) is 0 Å². The maximum atomic E-state index is 13.8. The average molecular weight is 467 g/mol. The van der Waals surface area contributed by atoms with Gasteiger partial charge in [-0.25, -0.2) is 17.1 Å². The lowest BCUT2D eigenvalue weighted by Gasteiger charge is -2.13. The highest BCUT2D eigenvalue weighted by molar-refractivity contribution is 7.89. The molecule has 3 N–H and O–H groups in total. The van der Waals surface area contributed by atoms with Gasteiger partial charge < -0.3 is 10.8 Å². The number of allylic oxidation sites excluding steroid dienone is 1. The van der Waals surface area contributed by atoms with Gasteiger partial charge >= 0.3 is 0 Å².